The second-order valence-corrected chi connectivity index (χ2v) is 9.61. The fourth-order valence-corrected chi connectivity index (χ4v) is 4.46. The number of hydrogen-bond acceptors (Lipinski definition) is 4. The van der Waals surface area contributed by atoms with Gasteiger partial charge in [-0.1, -0.05) is 25.4 Å². The van der Waals surface area contributed by atoms with Crippen molar-refractivity contribution in [1.29, 1.82) is 0 Å². The number of benzene rings is 2. The number of aromatic nitrogens is 1. The first-order valence-corrected chi connectivity index (χ1v) is 11.3. The quantitative estimate of drug-likeness (QED) is 0.495. The minimum absolute atomic E-state index is 0.0111. The fraction of sp³-hybridized carbons (Fsp3) is 0.238. The number of sulfonamides is 1. The van der Waals surface area contributed by atoms with E-state index in [9.17, 15) is 22.4 Å². The van der Waals surface area contributed by atoms with Crippen LogP contribution in [0.1, 0.15) is 20.3 Å². The van der Waals surface area contributed by atoms with Crippen LogP contribution in [0.4, 0.5) is 10.1 Å². The van der Waals surface area contributed by atoms with Gasteiger partial charge in [-0.05, 0) is 60.2 Å². The summed E-state index contributed by atoms with van der Waals surface area (Å²) in [6.45, 7) is 3.71. The highest BCUT2D eigenvalue weighted by molar-refractivity contribution is 7.89. The molecule has 0 aliphatic heterocycles. The molecule has 31 heavy (non-hydrogen) atoms. The molecule has 0 bridgehead atoms. The lowest BCUT2D eigenvalue weighted by Gasteiger charge is -2.20. The van der Waals surface area contributed by atoms with Gasteiger partial charge in [-0.25, -0.2) is 12.8 Å². The van der Waals surface area contributed by atoms with Gasteiger partial charge in [-0.2, -0.15) is 4.72 Å². The summed E-state index contributed by atoms with van der Waals surface area (Å²) >= 11 is 5.75. The first-order valence-electron chi connectivity index (χ1n) is 9.46. The van der Waals surface area contributed by atoms with Crippen molar-refractivity contribution in [2.75, 3.05) is 5.32 Å². The lowest BCUT2D eigenvalue weighted by atomic mass is 10.0. The molecular formula is C21H21ClFN3O4S. The molecule has 1 amide bonds. The molecule has 3 rings (SSSR count). The Kier molecular flexibility index (Phi) is 6.78. The molecule has 0 saturated heterocycles. The van der Waals surface area contributed by atoms with E-state index in [2.05, 4.69) is 15.0 Å². The minimum Gasteiger partial charge on any atom is -0.325 e. The van der Waals surface area contributed by atoms with Crippen molar-refractivity contribution in [2.24, 2.45) is 5.92 Å². The Morgan fingerprint density at radius 1 is 1.13 bits per heavy atom. The Hall–Kier alpha value is -2.75. The summed E-state index contributed by atoms with van der Waals surface area (Å²) in [6.07, 6.45) is 0.237. The molecule has 7 nitrogen and oxygen atoms in total. The monoisotopic (exact) mass is 465 g/mol. The summed E-state index contributed by atoms with van der Waals surface area (Å²) in [5.41, 5.74) is 0.450. The summed E-state index contributed by atoms with van der Waals surface area (Å²) < 4.78 is 41.7. The number of rotatable bonds is 7. The molecule has 0 spiro atoms. The number of halogens is 2. The number of amides is 1. The number of hydrogen-bond donors (Lipinski definition) is 3. The van der Waals surface area contributed by atoms with Gasteiger partial charge in [-0.3, -0.25) is 9.59 Å². The highest BCUT2D eigenvalue weighted by atomic mass is 35.5. The first-order chi connectivity index (χ1) is 14.5. The van der Waals surface area contributed by atoms with Crippen LogP contribution in [-0.2, 0) is 14.8 Å². The molecule has 0 unspecified atom stereocenters. The number of carbonyl (C=O) groups excluding carboxylic acids is 1. The molecule has 3 N–H and O–H groups in total. The molecule has 0 saturated carbocycles. The Morgan fingerprint density at radius 2 is 1.87 bits per heavy atom. The Balaban J connectivity index is 1.86. The second-order valence-electron chi connectivity index (χ2n) is 7.49. The Bertz CT molecular complexity index is 1290. The minimum atomic E-state index is -4.05. The first kappa shape index (κ1) is 22.9. The molecule has 1 atom stereocenters. The molecule has 2 aromatic carbocycles. The molecule has 1 heterocycles. The van der Waals surface area contributed by atoms with Crippen molar-refractivity contribution in [3.8, 4) is 0 Å². The number of pyridine rings is 1. The molecule has 10 heteroatoms. The maximum atomic E-state index is 13.4. The summed E-state index contributed by atoms with van der Waals surface area (Å²) in [7, 11) is -4.05. The molecule has 0 aliphatic rings. The highest BCUT2D eigenvalue weighted by Crippen LogP contribution is 2.21. The van der Waals surface area contributed by atoms with Gasteiger partial charge < -0.3 is 10.3 Å². The van der Waals surface area contributed by atoms with E-state index in [0.29, 0.717) is 10.9 Å². The topological polar surface area (TPSA) is 108 Å². The Morgan fingerprint density at radius 3 is 2.55 bits per heavy atom. The number of carbonyl (C=O) groups is 1. The zero-order valence-corrected chi connectivity index (χ0v) is 18.4. The van der Waals surface area contributed by atoms with E-state index >= 15 is 0 Å². The molecule has 0 fully saturated rings. The third-order valence-electron chi connectivity index (χ3n) is 4.51. The van der Waals surface area contributed by atoms with Gasteiger partial charge in [0.25, 0.3) is 0 Å². The fourth-order valence-electron chi connectivity index (χ4n) is 3.04. The van der Waals surface area contributed by atoms with Crippen molar-refractivity contribution >= 4 is 44.1 Å². The number of H-pyrrole nitrogens is 1. The van der Waals surface area contributed by atoms with E-state index in [4.69, 9.17) is 11.6 Å². The zero-order valence-electron chi connectivity index (χ0n) is 16.8. The van der Waals surface area contributed by atoms with Crippen molar-refractivity contribution < 1.29 is 17.6 Å². The van der Waals surface area contributed by atoms with E-state index < -0.39 is 27.8 Å². The maximum Gasteiger partial charge on any atom is 0.248 e. The van der Waals surface area contributed by atoms with Gasteiger partial charge in [0.2, 0.25) is 21.5 Å². The average molecular weight is 466 g/mol. The van der Waals surface area contributed by atoms with Crippen LogP contribution < -0.4 is 15.6 Å². The lowest BCUT2D eigenvalue weighted by Crippen LogP contribution is -2.44. The normalized spacial score (nSPS) is 12.8. The van der Waals surface area contributed by atoms with Gasteiger partial charge >= 0.3 is 0 Å². The van der Waals surface area contributed by atoms with E-state index in [1.807, 2.05) is 13.8 Å². The van der Waals surface area contributed by atoms with Gasteiger partial charge in [0, 0.05) is 17.3 Å². The van der Waals surface area contributed by atoms with Crippen LogP contribution in [0.5, 0.6) is 0 Å². The van der Waals surface area contributed by atoms with Crippen molar-refractivity contribution in [1.82, 2.24) is 9.71 Å². The number of nitrogens with one attached hydrogen (secondary N) is 3. The van der Waals surface area contributed by atoms with Gasteiger partial charge in [0.05, 0.1) is 9.92 Å². The molecule has 0 aliphatic carbocycles. The average Bonchev–Trinajstić information content (AvgIpc) is 2.69. The summed E-state index contributed by atoms with van der Waals surface area (Å²) in [6, 6.07) is 9.70. The molecule has 3 aromatic rings. The largest absolute Gasteiger partial charge is 0.325 e. The zero-order chi connectivity index (χ0) is 22.8. The van der Waals surface area contributed by atoms with Crippen molar-refractivity contribution in [2.45, 2.75) is 31.2 Å². The standard InChI is InChI=1S/C21H21ClFN3O4S/c1-12(2)9-19(21(28)24-14-4-6-17(23)16(22)11-14)26-31(29,30)15-5-7-18-13(10-15)3-8-20(27)25-18/h3-8,10-12,19,26H,9H2,1-2H3,(H,24,28)(H,25,27)/t19-/m1/s1. The van der Waals surface area contributed by atoms with Crippen LogP contribution in [0.2, 0.25) is 5.02 Å². The van der Waals surface area contributed by atoms with Gasteiger partial charge in [-0.15, -0.1) is 0 Å². The predicted octanol–water partition coefficient (Wildman–Crippen LogP) is 3.65. The van der Waals surface area contributed by atoms with Crippen LogP contribution in [0.3, 0.4) is 0 Å². The van der Waals surface area contributed by atoms with Crippen LogP contribution in [-0.4, -0.2) is 25.4 Å². The van der Waals surface area contributed by atoms with Crippen molar-refractivity contribution in [3.63, 3.8) is 0 Å². The third kappa shape index (κ3) is 5.69. The summed E-state index contributed by atoms with van der Waals surface area (Å²) in [4.78, 5) is 26.8. The van der Waals surface area contributed by atoms with E-state index in [1.54, 1.807) is 0 Å². The predicted molar refractivity (Wildman–Crippen MR) is 118 cm³/mol. The number of fused-ring (bicyclic) bond motifs is 1. The SMILES string of the molecule is CC(C)C[C@@H](NS(=O)(=O)c1ccc2[nH]c(=O)ccc2c1)C(=O)Nc1ccc(F)c(Cl)c1. The molecule has 164 valence electrons. The van der Waals surface area contributed by atoms with Crippen LogP contribution in [0.15, 0.2) is 58.2 Å². The summed E-state index contributed by atoms with van der Waals surface area (Å²) in [5.74, 6) is -1.21. The Labute approximate surface area is 183 Å². The highest BCUT2D eigenvalue weighted by Gasteiger charge is 2.27. The van der Waals surface area contributed by atoms with E-state index in [1.165, 1.54) is 42.5 Å². The van der Waals surface area contributed by atoms with E-state index in [-0.39, 0.29) is 33.5 Å². The summed E-state index contributed by atoms with van der Waals surface area (Å²) in [5, 5.41) is 2.94. The van der Waals surface area contributed by atoms with Crippen LogP contribution in [0, 0.1) is 11.7 Å². The van der Waals surface area contributed by atoms with Gasteiger partial charge in [0.1, 0.15) is 11.9 Å². The maximum absolute atomic E-state index is 13.4. The van der Waals surface area contributed by atoms with Gasteiger partial charge in [0.15, 0.2) is 0 Å². The number of aromatic amines is 1. The second kappa shape index (κ2) is 9.17. The molecule has 0 radical (unpaired) electrons. The number of anilines is 1. The van der Waals surface area contributed by atoms with E-state index in [0.717, 1.165) is 6.07 Å². The van der Waals surface area contributed by atoms with Crippen molar-refractivity contribution in [3.05, 3.63) is 69.7 Å². The molecule has 1 aromatic heterocycles. The lowest BCUT2D eigenvalue weighted by molar-refractivity contribution is -0.118. The third-order valence-corrected chi connectivity index (χ3v) is 6.27. The molecular weight excluding hydrogens is 445 g/mol. The van der Waals surface area contributed by atoms with Crippen LogP contribution in [0.25, 0.3) is 10.9 Å². The smallest absolute Gasteiger partial charge is 0.248 e. The van der Waals surface area contributed by atoms with Crippen LogP contribution >= 0.6 is 11.6 Å².